The molecule has 5 heteroatoms. The van der Waals surface area contributed by atoms with Crippen LogP contribution in [-0.4, -0.2) is 55.3 Å². The van der Waals surface area contributed by atoms with Crippen LogP contribution in [0.4, 0.5) is 0 Å². The Morgan fingerprint density at radius 3 is 2.81 bits per heavy atom. The number of rotatable bonds is 8. The summed E-state index contributed by atoms with van der Waals surface area (Å²) >= 11 is 0. The van der Waals surface area contributed by atoms with Gasteiger partial charge < -0.3 is 20.1 Å². The second-order valence-electron chi connectivity index (χ2n) is 5.33. The third-order valence-corrected chi connectivity index (χ3v) is 3.68. The molecule has 2 rings (SSSR count). The summed E-state index contributed by atoms with van der Waals surface area (Å²) in [6.45, 7) is 5.82. The number of likely N-dealkylation sites (tertiary alicyclic amines) is 1. The van der Waals surface area contributed by atoms with Gasteiger partial charge in [-0.15, -0.1) is 0 Å². The van der Waals surface area contributed by atoms with Crippen molar-refractivity contribution in [2.24, 2.45) is 0 Å². The van der Waals surface area contributed by atoms with E-state index in [1.807, 2.05) is 0 Å². The topological polar surface area (TPSA) is 61.8 Å². The Morgan fingerprint density at radius 1 is 1.24 bits per heavy atom. The van der Waals surface area contributed by atoms with Gasteiger partial charge in [0, 0.05) is 19.6 Å². The van der Waals surface area contributed by atoms with E-state index < -0.39 is 5.97 Å². The van der Waals surface area contributed by atoms with Crippen molar-refractivity contribution >= 4 is 5.97 Å². The number of hydrogen-bond acceptors (Lipinski definition) is 4. The maximum Gasteiger partial charge on any atom is 0.335 e. The standard InChI is InChI=1S/C16H24N2O3/c19-16(20)14-5-4-6-15(13-14)21-12-8-17-7-11-18-9-2-1-3-10-18/h4-6,13,17H,1-3,7-12H2,(H,19,20). The highest BCUT2D eigenvalue weighted by atomic mass is 16.5. The van der Waals surface area contributed by atoms with Crippen LogP contribution in [-0.2, 0) is 0 Å². The molecule has 116 valence electrons. The summed E-state index contributed by atoms with van der Waals surface area (Å²) in [6.07, 6.45) is 4.01. The van der Waals surface area contributed by atoms with Gasteiger partial charge in [-0.2, -0.15) is 0 Å². The Morgan fingerprint density at radius 2 is 2.05 bits per heavy atom. The van der Waals surface area contributed by atoms with Gasteiger partial charge in [-0.1, -0.05) is 12.5 Å². The molecule has 1 aromatic rings. The molecule has 0 unspecified atom stereocenters. The summed E-state index contributed by atoms with van der Waals surface area (Å²) in [5, 5.41) is 12.3. The lowest BCUT2D eigenvalue weighted by molar-refractivity contribution is 0.0696. The molecule has 0 spiro atoms. The molecule has 0 amide bonds. The number of carboxylic acids is 1. The van der Waals surface area contributed by atoms with Crippen LogP contribution in [0.2, 0.25) is 0 Å². The van der Waals surface area contributed by atoms with Crippen molar-refractivity contribution in [3.63, 3.8) is 0 Å². The predicted octanol–water partition coefficient (Wildman–Crippen LogP) is 1.84. The van der Waals surface area contributed by atoms with Crippen molar-refractivity contribution in [3.05, 3.63) is 29.8 Å². The highest BCUT2D eigenvalue weighted by molar-refractivity contribution is 5.87. The Bertz CT molecular complexity index is 445. The van der Waals surface area contributed by atoms with E-state index in [2.05, 4.69) is 10.2 Å². The number of piperidine rings is 1. The van der Waals surface area contributed by atoms with Gasteiger partial charge in [0.25, 0.3) is 0 Å². The minimum absolute atomic E-state index is 0.255. The van der Waals surface area contributed by atoms with Crippen LogP contribution in [0.3, 0.4) is 0 Å². The van der Waals surface area contributed by atoms with Gasteiger partial charge in [0.1, 0.15) is 12.4 Å². The Hall–Kier alpha value is -1.59. The lowest BCUT2D eigenvalue weighted by atomic mass is 10.1. The molecule has 0 aromatic heterocycles. The van der Waals surface area contributed by atoms with E-state index in [-0.39, 0.29) is 5.56 Å². The number of carbonyl (C=O) groups is 1. The molecule has 1 aromatic carbocycles. The zero-order valence-electron chi connectivity index (χ0n) is 12.4. The summed E-state index contributed by atoms with van der Waals surface area (Å²) in [5.41, 5.74) is 0.255. The van der Waals surface area contributed by atoms with Crippen LogP contribution in [0, 0.1) is 0 Å². The van der Waals surface area contributed by atoms with Crippen LogP contribution < -0.4 is 10.1 Å². The molecule has 1 heterocycles. The molecule has 1 aliphatic rings. The van der Waals surface area contributed by atoms with E-state index in [0.717, 1.165) is 19.6 Å². The van der Waals surface area contributed by atoms with Gasteiger partial charge >= 0.3 is 5.97 Å². The van der Waals surface area contributed by atoms with E-state index in [9.17, 15) is 4.79 Å². The maximum atomic E-state index is 10.8. The normalized spacial score (nSPS) is 15.8. The van der Waals surface area contributed by atoms with Crippen LogP contribution in [0.25, 0.3) is 0 Å². The Kier molecular flexibility index (Phi) is 6.50. The van der Waals surface area contributed by atoms with E-state index in [1.165, 1.54) is 32.4 Å². The Balaban J connectivity index is 1.57. The van der Waals surface area contributed by atoms with Crippen molar-refractivity contribution < 1.29 is 14.6 Å². The minimum Gasteiger partial charge on any atom is -0.492 e. The first-order valence-corrected chi connectivity index (χ1v) is 7.65. The molecule has 0 radical (unpaired) electrons. The summed E-state index contributed by atoms with van der Waals surface area (Å²) in [6, 6.07) is 6.59. The second-order valence-corrected chi connectivity index (χ2v) is 5.33. The first kappa shape index (κ1) is 15.8. The number of nitrogens with zero attached hydrogens (tertiary/aromatic N) is 1. The molecule has 1 fully saturated rings. The number of hydrogen-bond donors (Lipinski definition) is 2. The number of nitrogens with one attached hydrogen (secondary N) is 1. The maximum absolute atomic E-state index is 10.8. The molecular formula is C16H24N2O3. The molecule has 1 saturated heterocycles. The van der Waals surface area contributed by atoms with E-state index in [1.54, 1.807) is 24.3 Å². The van der Waals surface area contributed by atoms with E-state index in [4.69, 9.17) is 9.84 Å². The lowest BCUT2D eigenvalue weighted by Crippen LogP contribution is -2.36. The number of aromatic carboxylic acids is 1. The van der Waals surface area contributed by atoms with Gasteiger partial charge in [0.2, 0.25) is 0 Å². The van der Waals surface area contributed by atoms with Crippen molar-refractivity contribution in [1.82, 2.24) is 10.2 Å². The molecule has 0 atom stereocenters. The van der Waals surface area contributed by atoms with Crippen LogP contribution in [0.5, 0.6) is 5.75 Å². The fraction of sp³-hybridized carbons (Fsp3) is 0.562. The molecule has 0 aliphatic carbocycles. The highest BCUT2D eigenvalue weighted by Crippen LogP contribution is 2.13. The van der Waals surface area contributed by atoms with Crippen LogP contribution >= 0.6 is 0 Å². The molecule has 0 bridgehead atoms. The van der Waals surface area contributed by atoms with E-state index >= 15 is 0 Å². The summed E-state index contributed by atoms with van der Waals surface area (Å²) in [7, 11) is 0. The largest absolute Gasteiger partial charge is 0.492 e. The lowest BCUT2D eigenvalue weighted by Gasteiger charge is -2.26. The van der Waals surface area contributed by atoms with Gasteiger partial charge in [-0.05, 0) is 44.1 Å². The van der Waals surface area contributed by atoms with Crippen molar-refractivity contribution in [1.29, 1.82) is 0 Å². The van der Waals surface area contributed by atoms with Gasteiger partial charge in [0.15, 0.2) is 0 Å². The quantitative estimate of drug-likeness (QED) is 0.716. The number of benzene rings is 1. The smallest absolute Gasteiger partial charge is 0.335 e. The zero-order valence-corrected chi connectivity index (χ0v) is 12.4. The third kappa shape index (κ3) is 5.73. The summed E-state index contributed by atoms with van der Waals surface area (Å²) in [4.78, 5) is 13.3. The average Bonchev–Trinajstić information content (AvgIpc) is 2.52. The second kappa shape index (κ2) is 8.64. The van der Waals surface area contributed by atoms with Gasteiger partial charge in [-0.25, -0.2) is 4.79 Å². The first-order chi connectivity index (χ1) is 10.3. The monoisotopic (exact) mass is 292 g/mol. The summed E-state index contributed by atoms with van der Waals surface area (Å²) in [5.74, 6) is -0.326. The predicted molar refractivity (Wildman–Crippen MR) is 82.1 cm³/mol. The van der Waals surface area contributed by atoms with Crippen molar-refractivity contribution in [2.75, 3.05) is 39.3 Å². The van der Waals surface area contributed by atoms with Crippen LogP contribution in [0.1, 0.15) is 29.6 Å². The number of carboxylic acid groups (broad SMARTS) is 1. The molecule has 1 aliphatic heterocycles. The molecule has 21 heavy (non-hydrogen) atoms. The van der Waals surface area contributed by atoms with Gasteiger partial charge in [0.05, 0.1) is 5.56 Å². The number of ether oxygens (including phenoxy) is 1. The molecule has 2 N–H and O–H groups in total. The van der Waals surface area contributed by atoms with Crippen molar-refractivity contribution in [3.8, 4) is 5.75 Å². The molecule has 5 nitrogen and oxygen atoms in total. The minimum atomic E-state index is -0.930. The SMILES string of the molecule is O=C(O)c1cccc(OCCNCCN2CCCCC2)c1. The van der Waals surface area contributed by atoms with Gasteiger partial charge in [-0.3, -0.25) is 0 Å². The van der Waals surface area contributed by atoms with Crippen molar-refractivity contribution in [2.45, 2.75) is 19.3 Å². The fourth-order valence-corrected chi connectivity index (χ4v) is 2.51. The first-order valence-electron chi connectivity index (χ1n) is 7.65. The molecular weight excluding hydrogens is 268 g/mol. The third-order valence-electron chi connectivity index (χ3n) is 3.68. The zero-order chi connectivity index (χ0) is 14.9. The Labute approximate surface area is 125 Å². The molecule has 0 saturated carbocycles. The highest BCUT2D eigenvalue weighted by Gasteiger charge is 2.08. The van der Waals surface area contributed by atoms with Crippen LogP contribution in [0.15, 0.2) is 24.3 Å². The summed E-state index contributed by atoms with van der Waals surface area (Å²) < 4.78 is 5.55. The fourth-order valence-electron chi connectivity index (χ4n) is 2.51. The van der Waals surface area contributed by atoms with E-state index in [0.29, 0.717) is 12.4 Å². The average molecular weight is 292 g/mol.